The molecule has 8 nitrogen and oxygen atoms in total. The molecule has 1 amide bonds. The fraction of sp³-hybridized carbons (Fsp3) is 0.885. The summed E-state index contributed by atoms with van der Waals surface area (Å²) in [5.41, 5.74) is -0.873. The van der Waals surface area contributed by atoms with Crippen LogP contribution in [0.25, 0.3) is 0 Å². The van der Waals surface area contributed by atoms with E-state index in [1.807, 2.05) is 48.5 Å². The first-order valence-electron chi connectivity index (χ1n) is 12.8. The average Bonchev–Trinajstić information content (AvgIpc) is 2.78. The lowest BCUT2D eigenvalue weighted by Gasteiger charge is -2.27. The van der Waals surface area contributed by atoms with Gasteiger partial charge in [0.1, 0.15) is 5.78 Å². The Morgan fingerprint density at radius 1 is 0.735 bits per heavy atom. The van der Waals surface area contributed by atoms with Gasteiger partial charge in [-0.05, 0) is 39.2 Å². The summed E-state index contributed by atoms with van der Waals surface area (Å²) in [6.45, 7) is 18.1. The molecule has 8 heteroatoms. The molecule has 200 valence electrons. The molecule has 0 aliphatic carbocycles. The molecule has 0 atom stereocenters. The molecule has 0 saturated heterocycles. The predicted molar refractivity (Wildman–Crippen MR) is 135 cm³/mol. The van der Waals surface area contributed by atoms with Crippen molar-refractivity contribution in [2.24, 2.45) is 11.3 Å². The van der Waals surface area contributed by atoms with E-state index < -0.39 is 11.0 Å². The van der Waals surface area contributed by atoms with E-state index in [-0.39, 0.29) is 36.2 Å². The number of ether oxygens (including phenoxy) is 3. The highest BCUT2D eigenvalue weighted by Gasteiger charge is 2.30. The molecule has 0 rings (SSSR count). The maximum absolute atomic E-state index is 12.2. The zero-order chi connectivity index (χ0) is 26.0. The van der Waals surface area contributed by atoms with Gasteiger partial charge in [-0.25, -0.2) is 0 Å². The molecule has 0 radical (unpaired) electrons. The first-order valence-corrected chi connectivity index (χ1v) is 12.8. The minimum atomic E-state index is -0.478. The maximum atomic E-state index is 12.2. The second-order valence-corrected chi connectivity index (χ2v) is 10.0. The van der Waals surface area contributed by atoms with Crippen LogP contribution < -0.4 is 10.6 Å². The molecule has 0 unspecified atom stereocenters. The molecule has 0 aromatic heterocycles. The van der Waals surface area contributed by atoms with Gasteiger partial charge in [0, 0.05) is 44.4 Å². The number of hydrogen-bond donors (Lipinski definition) is 2. The van der Waals surface area contributed by atoms with Crippen molar-refractivity contribution in [2.45, 2.75) is 86.1 Å². The molecule has 0 aromatic rings. The minimum Gasteiger partial charge on any atom is -0.379 e. The molecular formula is C26H50N2O6. The summed E-state index contributed by atoms with van der Waals surface area (Å²) >= 11 is 0. The van der Waals surface area contributed by atoms with Gasteiger partial charge in [0.05, 0.1) is 32.0 Å². The van der Waals surface area contributed by atoms with Gasteiger partial charge >= 0.3 is 0 Å². The summed E-state index contributed by atoms with van der Waals surface area (Å²) in [6.07, 6.45) is 2.61. The van der Waals surface area contributed by atoms with Crippen molar-refractivity contribution < 1.29 is 28.6 Å². The van der Waals surface area contributed by atoms with Crippen LogP contribution in [0, 0.1) is 11.3 Å². The van der Waals surface area contributed by atoms with Crippen LogP contribution in [0.15, 0.2) is 0 Å². The molecule has 0 aromatic carbocycles. The van der Waals surface area contributed by atoms with Gasteiger partial charge in [-0.2, -0.15) is 0 Å². The van der Waals surface area contributed by atoms with Crippen LogP contribution in [0.3, 0.4) is 0 Å². The Kier molecular flexibility index (Phi) is 17.3. The summed E-state index contributed by atoms with van der Waals surface area (Å²) in [5, 5.41) is 6.10. The Morgan fingerprint density at radius 3 is 1.74 bits per heavy atom. The van der Waals surface area contributed by atoms with E-state index in [2.05, 4.69) is 10.6 Å². The molecule has 0 aliphatic heterocycles. The Labute approximate surface area is 207 Å². The third-order valence-electron chi connectivity index (χ3n) is 6.32. The van der Waals surface area contributed by atoms with Crippen molar-refractivity contribution in [1.29, 1.82) is 0 Å². The van der Waals surface area contributed by atoms with Crippen molar-refractivity contribution in [3.63, 3.8) is 0 Å². The number of ketones is 2. The Hall–Kier alpha value is -1.35. The van der Waals surface area contributed by atoms with Crippen molar-refractivity contribution in [3.05, 3.63) is 0 Å². The lowest BCUT2D eigenvalue weighted by molar-refractivity contribution is -0.131. The molecule has 34 heavy (non-hydrogen) atoms. The molecule has 2 N–H and O–H groups in total. The van der Waals surface area contributed by atoms with Gasteiger partial charge in [0.25, 0.3) is 0 Å². The third-order valence-corrected chi connectivity index (χ3v) is 6.32. The summed E-state index contributed by atoms with van der Waals surface area (Å²) in [6, 6.07) is 0. The van der Waals surface area contributed by atoms with Crippen LogP contribution in [0.5, 0.6) is 0 Å². The Morgan fingerprint density at radius 2 is 1.24 bits per heavy atom. The van der Waals surface area contributed by atoms with Crippen molar-refractivity contribution in [3.8, 4) is 0 Å². The number of Topliss-reactive ketones (excluding diaryl/α,β-unsaturated/α-hetero) is 2. The zero-order valence-corrected chi connectivity index (χ0v) is 22.7. The summed E-state index contributed by atoms with van der Waals surface area (Å²) in [5.74, 6) is 0.502. The molecule has 0 heterocycles. The maximum Gasteiger partial charge on any atom is 0.220 e. The Balaban J connectivity index is 3.48. The SMILES string of the molecule is CCC(=O)C(C)(C)NCCCOCCOCCOCCCNC(=O)CCC(=O)C(C)(C)C(C)C. The van der Waals surface area contributed by atoms with Crippen molar-refractivity contribution in [1.82, 2.24) is 10.6 Å². The molecule has 0 spiro atoms. The number of nitrogens with one attached hydrogen (secondary N) is 2. The van der Waals surface area contributed by atoms with Crippen molar-refractivity contribution in [2.75, 3.05) is 52.7 Å². The summed E-state index contributed by atoms with van der Waals surface area (Å²) in [7, 11) is 0. The smallest absolute Gasteiger partial charge is 0.220 e. The van der Waals surface area contributed by atoms with E-state index in [0.29, 0.717) is 52.6 Å². The number of carbonyl (C=O) groups excluding carboxylic acids is 3. The van der Waals surface area contributed by atoms with Gasteiger partial charge < -0.3 is 24.8 Å². The lowest BCUT2D eigenvalue weighted by atomic mass is 9.76. The van der Waals surface area contributed by atoms with Crippen LogP contribution in [0.1, 0.15) is 80.6 Å². The standard InChI is InChI=1S/C26H50N2O6/c1-8-22(29)26(6,7)28-14-10-16-33-18-20-34-19-17-32-15-9-13-27-24(31)12-11-23(30)25(4,5)21(2)3/h21,28H,8-20H2,1-7H3,(H,27,31). The molecule has 0 aliphatic rings. The van der Waals surface area contributed by atoms with Gasteiger partial charge in [0.2, 0.25) is 5.91 Å². The number of hydrogen-bond acceptors (Lipinski definition) is 7. The topological polar surface area (TPSA) is 103 Å². The highest BCUT2D eigenvalue weighted by atomic mass is 16.5. The fourth-order valence-electron chi connectivity index (χ4n) is 3.02. The van der Waals surface area contributed by atoms with Crippen LogP contribution in [0.2, 0.25) is 0 Å². The fourth-order valence-corrected chi connectivity index (χ4v) is 3.02. The van der Waals surface area contributed by atoms with E-state index >= 15 is 0 Å². The van der Waals surface area contributed by atoms with Crippen LogP contribution in [0.4, 0.5) is 0 Å². The molecule has 0 saturated carbocycles. The normalized spacial score (nSPS) is 12.2. The zero-order valence-electron chi connectivity index (χ0n) is 22.7. The highest BCUT2D eigenvalue weighted by Crippen LogP contribution is 2.28. The second kappa shape index (κ2) is 18.0. The minimum absolute atomic E-state index is 0.0924. The van der Waals surface area contributed by atoms with Gasteiger partial charge in [-0.15, -0.1) is 0 Å². The van der Waals surface area contributed by atoms with E-state index in [0.717, 1.165) is 19.4 Å². The van der Waals surface area contributed by atoms with Gasteiger partial charge in [0.15, 0.2) is 5.78 Å². The number of amides is 1. The molecular weight excluding hydrogens is 436 g/mol. The lowest BCUT2D eigenvalue weighted by Crippen LogP contribution is -2.47. The number of carbonyl (C=O) groups is 3. The Bertz CT molecular complexity index is 590. The van der Waals surface area contributed by atoms with Crippen LogP contribution in [-0.2, 0) is 28.6 Å². The van der Waals surface area contributed by atoms with Crippen LogP contribution in [-0.4, -0.2) is 75.7 Å². The predicted octanol–water partition coefficient (Wildman–Crippen LogP) is 3.31. The van der Waals surface area contributed by atoms with Crippen LogP contribution >= 0.6 is 0 Å². The first kappa shape index (κ1) is 32.7. The number of rotatable bonds is 22. The van der Waals surface area contributed by atoms with Gasteiger partial charge in [-0.1, -0.05) is 34.6 Å². The monoisotopic (exact) mass is 486 g/mol. The summed E-state index contributed by atoms with van der Waals surface area (Å²) < 4.78 is 16.5. The second-order valence-electron chi connectivity index (χ2n) is 10.0. The quantitative estimate of drug-likeness (QED) is 0.226. The van der Waals surface area contributed by atoms with E-state index in [9.17, 15) is 14.4 Å². The van der Waals surface area contributed by atoms with E-state index in [1.54, 1.807) is 0 Å². The average molecular weight is 487 g/mol. The first-order chi connectivity index (χ1) is 15.9. The highest BCUT2D eigenvalue weighted by molar-refractivity contribution is 5.88. The largest absolute Gasteiger partial charge is 0.379 e. The third kappa shape index (κ3) is 14.8. The molecule has 0 fully saturated rings. The van der Waals surface area contributed by atoms with Crippen molar-refractivity contribution >= 4 is 17.5 Å². The molecule has 0 bridgehead atoms. The summed E-state index contributed by atoms with van der Waals surface area (Å²) in [4.78, 5) is 35.9. The van der Waals surface area contributed by atoms with E-state index in [4.69, 9.17) is 14.2 Å². The van der Waals surface area contributed by atoms with E-state index in [1.165, 1.54) is 0 Å². The van der Waals surface area contributed by atoms with Gasteiger partial charge in [-0.3, -0.25) is 14.4 Å².